The van der Waals surface area contributed by atoms with Gasteiger partial charge in [0, 0.05) is 23.7 Å². The van der Waals surface area contributed by atoms with E-state index in [0.717, 1.165) is 17.0 Å². The molecule has 4 nitrogen and oxygen atoms in total. The van der Waals surface area contributed by atoms with E-state index in [1.807, 2.05) is 13.0 Å². The Morgan fingerprint density at radius 3 is 2.67 bits per heavy atom. The second kappa shape index (κ2) is 6.72. The quantitative estimate of drug-likeness (QED) is 0.859. The first-order valence-electron chi connectivity index (χ1n) is 7.24. The summed E-state index contributed by atoms with van der Waals surface area (Å²) in [6.07, 6.45) is 0. The molecule has 2 rings (SSSR count). The van der Waals surface area contributed by atoms with Crippen LogP contribution in [-0.2, 0) is 0 Å². The predicted octanol–water partition coefficient (Wildman–Crippen LogP) is 3.16. The minimum atomic E-state index is -0.296. The maximum absolute atomic E-state index is 13.6. The molecule has 1 aromatic carbocycles. The summed E-state index contributed by atoms with van der Waals surface area (Å²) >= 11 is 0. The molecule has 0 bridgehead atoms. The highest BCUT2D eigenvalue weighted by atomic mass is 19.1. The van der Waals surface area contributed by atoms with Crippen LogP contribution < -0.4 is 10.5 Å². The van der Waals surface area contributed by atoms with E-state index in [9.17, 15) is 4.39 Å². The lowest BCUT2D eigenvalue weighted by Gasteiger charge is -2.17. The summed E-state index contributed by atoms with van der Waals surface area (Å²) in [6.45, 7) is 6.92. The van der Waals surface area contributed by atoms with Crippen molar-refractivity contribution in [3.63, 3.8) is 0 Å². The van der Waals surface area contributed by atoms with Crippen LogP contribution in [0.25, 0.3) is 0 Å². The highest BCUT2D eigenvalue weighted by Crippen LogP contribution is 2.32. The highest BCUT2D eigenvalue weighted by Gasteiger charge is 2.20. The Kier molecular flexibility index (Phi) is 4.96. The van der Waals surface area contributed by atoms with E-state index < -0.39 is 0 Å². The molecule has 0 amide bonds. The molecular weight excluding hydrogens is 269 g/mol. The molecule has 114 valence electrons. The molecule has 3 N–H and O–H groups in total. The van der Waals surface area contributed by atoms with Gasteiger partial charge in [0.25, 0.3) is 0 Å². The zero-order chi connectivity index (χ0) is 15.4. The summed E-state index contributed by atoms with van der Waals surface area (Å²) in [5.74, 6) is 0.528. The van der Waals surface area contributed by atoms with Crippen LogP contribution in [0.3, 0.4) is 0 Å². The average molecular weight is 291 g/mol. The fourth-order valence-electron chi connectivity index (χ4n) is 2.33. The third-order valence-electron chi connectivity index (χ3n) is 3.47. The van der Waals surface area contributed by atoms with Crippen LogP contribution in [0.5, 0.6) is 5.75 Å². The van der Waals surface area contributed by atoms with E-state index in [0.29, 0.717) is 24.8 Å². The lowest BCUT2D eigenvalue weighted by Crippen LogP contribution is -2.16. The first-order chi connectivity index (χ1) is 10.1. The monoisotopic (exact) mass is 291 g/mol. The minimum absolute atomic E-state index is 0.165. The van der Waals surface area contributed by atoms with Crippen molar-refractivity contribution in [1.29, 1.82) is 0 Å². The molecule has 0 aliphatic heterocycles. The maximum atomic E-state index is 13.6. The number of nitrogens with two attached hydrogens (primary N) is 1. The molecule has 0 aliphatic carbocycles. The summed E-state index contributed by atoms with van der Waals surface area (Å²) < 4.78 is 19.2. The van der Waals surface area contributed by atoms with Gasteiger partial charge in [0.05, 0.1) is 12.3 Å². The zero-order valence-corrected chi connectivity index (χ0v) is 12.7. The van der Waals surface area contributed by atoms with Crippen LogP contribution in [-0.4, -0.2) is 23.3 Å². The number of benzene rings is 1. The molecular formula is C16H22FN3O. The second-order valence-electron chi connectivity index (χ2n) is 5.31. The van der Waals surface area contributed by atoms with Gasteiger partial charge in [-0.15, -0.1) is 0 Å². The summed E-state index contributed by atoms with van der Waals surface area (Å²) in [5, 5.41) is 7.31. The lowest BCUT2D eigenvalue weighted by molar-refractivity contribution is 0.334. The zero-order valence-electron chi connectivity index (χ0n) is 12.7. The Bertz CT molecular complexity index is 595. The van der Waals surface area contributed by atoms with E-state index in [1.54, 1.807) is 6.07 Å². The molecule has 1 atom stereocenters. The van der Waals surface area contributed by atoms with Crippen molar-refractivity contribution < 1.29 is 9.13 Å². The summed E-state index contributed by atoms with van der Waals surface area (Å²) in [4.78, 5) is 0. The van der Waals surface area contributed by atoms with Gasteiger partial charge >= 0.3 is 0 Å². The van der Waals surface area contributed by atoms with Gasteiger partial charge in [0.15, 0.2) is 0 Å². The molecule has 2 aromatic rings. The SMILES string of the molecule is CCOc1ccc(F)cc1C(CN)c1cc(C(C)C)n[nH]1. The number of rotatable bonds is 6. The number of aromatic nitrogens is 2. The van der Waals surface area contributed by atoms with E-state index in [1.165, 1.54) is 12.1 Å². The number of hydrogen-bond donors (Lipinski definition) is 2. The van der Waals surface area contributed by atoms with Gasteiger partial charge in [-0.2, -0.15) is 5.10 Å². The van der Waals surface area contributed by atoms with Crippen molar-refractivity contribution in [2.75, 3.05) is 13.2 Å². The van der Waals surface area contributed by atoms with Gasteiger partial charge in [-0.3, -0.25) is 5.10 Å². The van der Waals surface area contributed by atoms with Gasteiger partial charge in [-0.1, -0.05) is 13.8 Å². The minimum Gasteiger partial charge on any atom is -0.494 e. The number of aromatic amines is 1. The van der Waals surface area contributed by atoms with Crippen molar-refractivity contribution in [3.05, 3.63) is 47.0 Å². The van der Waals surface area contributed by atoms with E-state index in [-0.39, 0.29) is 11.7 Å². The molecule has 0 saturated carbocycles. The average Bonchev–Trinajstić information content (AvgIpc) is 2.92. The van der Waals surface area contributed by atoms with Crippen molar-refractivity contribution in [1.82, 2.24) is 10.2 Å². The molecule has 0 spiro atoms. The van der Waals surface area contributed by atoms with Gasteiger partial charge < -0.3 is 10.5 Å². The van der Waals surface area contributed by atoms with Crippen LogP contribution in [0.4, 0.5) is 4.39 Å². The number of hydrogen-bond acceptors (Lipinski definition) is 3. The standard InChI is InChI=1S/C16H22FN3O/c1-4-21-16-6-5-11(17)7-12(16)13(9-18)15-8-14(10(2)3)19-20-15/h5-8,10,13H,4,9,18H2,1-3H3,(H,19,20). The third-order valence-corrected chi connectivity index (χ3v) is 3.47. The lowest BCUT2D eigenvalue weighted by atomic mass is 9.94. The topological polar surface area (TPSA) is 63.9 Å². The maximum Gasteiger partial charge on any atom is 0.123 e. The number of nitrogens with one attached hydrogen (secondary N) is 1. The molecule has 0 radical (unpaired) electrons. The van der Waals surface area contributed by atoms with E-state index in [4.69, 9.17) is 10.5 Å². The predicted molar refractivity (Wildman–Crippen MR) is 81.1 cm³/mol. The van der Waals surface area contributed by atoms with Crippen molar-refractivity contribution >= 4 is 0 Å². The summed E-state index contributed by atoms with van der Waals surface area (Å²) in [5.41, 5.74) is 8.51. The third kappa shape index (κ3) is 3.42. The Morgan fingerprint density at radius 2 is 2.10 bits per heavy atom. The molecule has 21 heavy (non-hydrogen) atoms. The van der Waals surface area contributed by atoms with Crippen LogP contribution in [0.15, 0.2) is 24.3 Å². The van der Waals surface area contributed by atoms with Crippen molar-refractivity contribution in [2.45, 2.75) is 32.6 Å². The first-order valence-corrected chi connectivity index (χ1v) is 7.24. The largest absolute Gasteiger partial charge is 0.494 e. The van der Waals surface area contributed by atoms with Crippen LogP contribution >= 0.6 is 0 Å². The normalized spacial score (nSPS) is 12.7. The van der Waals surface area contributed by atoms with Gasteiger partial charge in [0.1, 0.15) is 11.6 Å². The molecule has 1 aromatic heterocycles. The van der Waals surface area contributed by atoms with Crippen molar-refractivity contribution in [2.24, 2.45) is 5.73 Å². The summed E-state index contributed by atoms with van der Waals surface area (Å²) in [7, 11) is 0. The molecule has 1 heterocycles. The first kappa shape index (κ1) is 15.5. The smallest absolute Gasteiger partial charge is 0.123 e. The molecule has 5 heteroatoms. The molecule has 0 saturated heterocycles. The number of nitrogens with zero attached hydrogens (tertiary/aromatic N) is 1. The van der Waals surface area contributed by atoms with E-state index in [2.05, 4.69) is 24.0 Å². The van der Waals surface area contributed by atoms with Gasteiger partial charge in [-0.25, -0.2) is 4.39 Å². The van der Waals surface area contributed by atoms with Crippen LogP contribution in [0, 0.1) is 5.82 Å². The van der Waals surface area contributed by atoms with Crippen molar-refractivity contribution in [3.8, 4) is 5.75 Å². The van der Waals surface area contributed by atoms with E-state index >= 15 is 0 Å². The molecule has 0 fully saturated rings. The Balaban J connectivity index is 2.42. The van der Waals surface area contributed by atoms with Gasteiger partial charge in [0.2, 0.25) is 0 Å². The fraction of sp³-hybridized carbons (Fsp3) is 0.438. The Hall–Kier alpha value is -1.88. The Morgan fingerprint density at radius 1 is 1.33 bits per heavy atom. The fourth-order valence-corrected chi connectivity index (χ4v) is 2.33. The molecule has 1 unspecified atom stereocenters. The number of ether oxygens (including phenoxy) is 1. The second-order valence-corrected chi connectivity index (χ2v) is 5.31. The Labute approximate surface area is 124 Å². The highest BCUT2D eigenvalue weighted by molar-refractivity contribution is 5.41. The van der Waals surface area contributed by atoms with Crippen LogP contribution in [0.2, 0.25) is 0 Å². The molecule has 0 aliphatic rings. The number of H-pyrrole nitrogens is 1. The van der Waals surface area contributed by atoms with Crippen LogP contribution in [0.1, 0.15) is 49.6 Å². The number of halogens is 1. The summed E-state index contributed by atoms with van der Waals surface area (Å²) in [6, 6.07) is 6.52. The van der Waals surface area contributed by atoms with Gasteiger partial charge in [-0.05, 0) is 37.1 Å².